The summed E-state index contributed by atoms with van der Waals surface area (Å²) in [5.41, 5.74) is 0. The first-order valence-electron chi connectivity index (χ1n) is 5.39. The van der Waals surface area contributed by atoms with Crippen molar-refractivity contribution < 1.29 is 10.0 Å². The SMILES string of the molecule is C[C@H]1C[C@H](C(=O)N2CCC2)CN(O)C1. The van der Waals surface area contributed by atoms with E-state index in [0.29, 0.717) is 19.0 Å². The van der Waals surface area contributed by atoms with Gasteiger partial charge in [-0.2, -0.15) is 5.06 Å². The van der Waals surface area contributed by atoms with E-state index >= 15 is 0 Å². The van der Waals surface area contributed by atoms with Crippen molar-refractivity contribution in [3.05, 3.63) is 0 Å². The third kappa shape index (κ3) is 1.91. The molecular weight excluding hydrogens is 180 g/mol. The zero-order valence-corrected chi connectivity index (χ0v) is 8.65. The molecular formula is C10H18N2O2. The lowest BCUT2D eigenvalue weighted by Crippen LogP contribution is -2.50. The first kappa shape index (κ1) is 9.93. The van der Waals surface area contributed by atoms with Crippen LogP contribution in [0, 0.1) is 11.8 Å². The van der Waals surface area contributed by atoms with Crippen LogP contribution in [0.2, 0.25) is 0 Å². The third-order valence-electron chi connectivity index (χ3n) is 3.16. The Labute approximate surface area is 84.4 Å². The van der Waals surface area contributed by atoms with Gasteiger partial charge in [-0.05, 0) is 18.8 Å². The topological polar surface area (TPSA) is 43.8 Å². The molecule has 2 saturated heterocycles. The van der Waals surface area contributed by atoms with Crippen LogP contribution in [-0.4, -0.2) is 47.3 Å². The Morgan fingerprint density at radius 2 is 2.07 bits per heavy atom. The van der Waals surface area contributed by atoms with Crippen LogP contribution in [0.4, 0.5) is 0 Å². The van der Waals surface area contributed by atoms with Gasteiger partial charge in [0.25, 0.3) is 0 Å². The highest BCUT2D eigenvalue weighted by atomic mass is 16.5. The number of hydrogen-bond donors (Lipinski definition) is 1. The molecule has 0 aliphatic carbocycles. The van der Waals surface area contributed by atoms with Crippen LogP contribution in [0.15, 0.2) is 0 Å². The normalized spacial score (nSPS) is 34.0. The summed E-state index contributed by atoms with van der Waals surface area (Å²) in [6, 6.07) is 0. The molecule has 0 unspecified atom stereocenters. The third-order valence-corrected chi connectivity index (χ3v) is 3.16. The molecule has 0 aromatic rings. The van der Waals surface area contributed by atoms with E-state index < -0.39 is 0 Å². The summed E-state index contributed by atoms with van der Waals surface area (Å²) >= 11 is 0. The van der Waals surface area contributed by atoms with Gasteiger partial charge in [0.05, 0.1) is 5.92 Å². The average Bonchev–Trinajstić information content (AvgIpc) is 1.98. The fourth-order valence-electron chi connectivity index (χ4n) is 2.30. The zero-order chi connectivity index (χ0) is 10.1. The standard InChI is InChI=1S/C10H18N2O2/c1-8-5-9(7-12(14)6-8)10(13)11-3-2-4-11/h8-9,14H,2-7H2,1H3/t8-,9-/m0/s1. The molecule has 2 atom stereocenters. The maximum absolute atomic E-state index is 11.9. The van der Waals surface area contributed by atoms with Gasteiger partial charge < -0.3 is 10.1 Å². The number of likely N-dealkylation sites (tertiary alicyclic amines) is 1. The van der Waals surface area contributed by atoms with E-state index in [0.717, 1.165) is 25.9 Å². The summed E-state index contributed by atoms with van der Waals surface area (Å²) in [5.74, 6) is 0.676. The van der Waals surface area contributed by atoms with Gasteiger partial charge in [-0.15, -0.1) is 0 Å². The molecule has 2 aliphatic rings. The molecule has 2 heterocycles. The Morgan fingerprint density at radius 1 is 1.36 bits per heavy atom. The summed E-state index contributed by atoms with van der Waals surface area (Å²) in [7, 11) is 0. The average molecular weight is 198 g/mol. The predicted octanol–water partition coefficient (Wildman–Crippen LogP) is 0.566. The number of hydroxylamine groups is 2. The highest BCUT2D eigenvalue weighted by molar-refractivity contribution is 5.79. The molecule has 4 nitrogen and oxygen atoms in total. The zero-order valence-electron chi connectivity index (χ0n) is 8.65. The maximum atomic E-state index is 11.9. The van der Waals surface area contributed by atoms with Crippen molar-refractivity contribution >= 4 is 5.91 Å². The minimum atomic E-state index is 0.0176. The molecule has 2 fully saturated rings. The van der Waals surface area contributed by atoms with Crippen LogP contribution in [0.3, 0.4) is 0 Å². The first-order valence-corrected chi connectivity index (χ1v) is 5.39. The predicted molar refractivity (Wildman–Crippen MR) is 51.8 cm³/mol. The van der Waals surface area contributed by atoms with Crippen molar-refractivity contribution in [2.75, 3.05) is 26.2 Å². The summed E-state index contributed by atoms with van der Waals surface area (Å²) < 4.78 is 0. The molecule has 0 aromatic carbocycles. The van der Waals surface area contributed by atoms with Gasteiger partial charge in [-0.3, -0.25) is 4.79 Å². The van der Waals surface area contributed by atoms with Gasteiger partial charge in [-0.25, -0.2) is 0 Å². The van der Waals surface area contributed by atoms with E-state index in [1.54, 1.807) is 0 Å². The minimum Gasteiger partial charge on any atom is -0.342 e. The van der Waals surface area contributed by atoms with Crippen LogP contribution < -0.4 is 0 Å². The molecule has 0 radical (unpaired) electrons. The molecule has 2 aliphatic heterocycles. The monoisotopic (exact) mass is 198 g/mol. The Morgan fingerprint density at radius 3 is 2.57 bits per heavy atom. The maximum Gasteiger partial charge on any atom is 0.227 e. The number of carbonyl (C=O) groups is 1. The number of piperidine rings is 1. The van der Waals surface area contributed by atoms with Crippen molar-refractivity contribution in [2.45, 2.75) is 19.8 Å². The van der Waals surface area contributed by atoms with Crippen molar-refractivity contribution in [2.24, 2.45) is 11.8 Å². The fraction of sp³-hybridized carbons (Fsp3) is 0.900. The van der Waals surface area contributed by atoms with Gasteiger partial charge in [0.2, 0.25) is 5.91 Å². The molecule has 2 rings (SSSR count). The molecule has 14 heavy (non-hydrogen) atoms. The molecule has 0 aromatic heterocycles. The van der Waals surface area contributed by atoms with Gasteiger partial charge in [-0.1, -0.05) is 6.92 Å². The first-order chi connectivity index (χ1) is 6.66. The van der Waals surface area contributed by atoms with E-state index in [2.05, 4.69) is 6.92 Å². The molecule has 1 N–H and O–H groups in total. The lowest BCUT2D eigenvalue weighted by Gasteiger charge is -2.38. The second-order valence-corrected chi connectivity index (χ2v) is 4.59. The molecule has 0 bridgehead atoms. The summed E-state index contributed by atoms with van der Waals surface area (Å²) in [6.45, 7) is 5.12. The van der Waals surface area contributed by atoms with Gasteiger partial charge in [0.1, 0.15) is 0 Å². The van der Waals surface area contributed by atoms with Crippen LogP contribution in [-0.2, 0) is 4.79 Å². The molecule has 80 valence electrons. The Hall–Kier alpha value is -0.610. The Bertz CT molecular complexity index is 218. The van der Waals surface area contributed by atoms with Crippen molar-refractivity contribution in [3.8, 4) is 0 Å². The number of rotatable bonds is 1. The Kier molecular flexibility index (Phi) is 2.74. The van der Waals surface area contributed by atoms with Crippen molar-refractivity contribution in [1.82, 2.24) is 9.96 Å². The molecule has 0 saturated carbocycles. The second kappa shape index (κ2) is 3.87. The van der Waals surface area contributed by atoms with Gasteiger partial charge in [0.15, 0.2) is 0 Å². The van der Waals surface area contributed by atoms with Crippen LogP contribution in [0.5, 0.6) is 0 Å². The highest BCUT2D eigenvalue weighted by Gasteiger charge is 2.33. The lowest BCUT2D eigenvalue weighted by molar-refractivity contribution is -0.159. The van der Waals surface area contributed by atoms with Gasteiger partial charge in [0, 0.05) is 26.2 Å². The summed E-state index contributed by atoms with van der Waals surface area (Å²) in [6.07, 6.45) is 2.06. The van der Waals surface area contributed by atoms with Crippen LogP contribution in [0.25, 0.3) is 0 Å². The largest absolute Gasteiger partial charge is 0.342 e. The number of hydrogen-bond acceptors (Lipinski definition) is 3. The molecule has 0 spiro atoms. The minimum absolute atomic E-state index is 0.0176. The lowest BCUT2D eigenvalue weighted by atomic mass is 9.90. The van der Waals surface area contributed by atoms with Crippen LogP contribution in [0.1, 0.15) is 19.8 Å². The van der Waals surface area contributed by atoms with Crippen molar-refractivity contribution in [3.63, 3.8) is 0 Å². The number of amides is 1. The van der Waals surface area contributed by atoms with Gasteiger partial charge >= 0.3 is 0 Å². The summed E-state index contributed by atoms with van der Waals surface area (Å²) in [4.78, 5) is 13.8. The summed E-state index contributed by atoms with van der Waals surface area (Å²) in [5, 5.41) is 10.7. The van der Waals surface area contributed by atoms with Crippen LogP contribution >= 0.6 is 0 Å². The fourth-order valence-corrected chi connectivity index (χ4v) is 2.30. The van der Waals surface area contributed by atoms with E-state index in [9.17, 15) is 10.0 Å². The number of carbonyl (C=O) groups excluding carboxylic acids is 1. The van der Waals surface area contributed by atoms with Crippen molar-refractivity contribution in [1.29, 1.82) is 0 Å². The smallest absolute Gasteiger partial charge is 0.227 e. The quantitative estimate of drug-likeness (QED) is 0.669. The van der Waals surface area contributed by atoms with E-state index in [4.69, 9.17) is 0 Å². The number of nitrogens with zero attached hydrogens (tertiary/aromatic N) is 2. The van der Waals surface area contributed by atoms with E-state index in [1.165, 1.54) is 5.06 Å². The second-order valence-electron chi connectivity index (χ2n) is 4.59. The molecule has 1 amide bonds. The molecule has 4 heteroatoms. The highest BCUT2D eigenvalue weighted by Crippen LogP contribution is 2.23. The Balaban J connectivity index is 1.92. The van der Waals surface area contributed by atoms with E-state index in [-0.39, 0.29) is 11.8 Å². The van der Waals surface area contributed by atoms with E-state index in [1.807, 2.05) is 4.90 Å².